The van der Waals surface area contributed by atoms with Crippen molar-refractivity contribution in [1.82, 2.24) is 14.4 Å². The van der Waals surface area contributed by atoms with Crippen LogP contribution in [0.5, 0.6) is 0 Å². The van der Waals surface area contributed by atoms with Crippen LogP contribution in [-0.2, 0) is 17.9 Å². The van der Waals surface area contributed by atoms with Gasteiger partial charge in [0.25, 0.3) is 0 Å². The molecule has 18 heavy (non-hydrogen) atoms. The predicted molar refractivity (Wildman–Crippen MR) is 64.1 cm³/mol. The van der Waals surface area contributed by atoms with E-state index in [0.29, 0.717) is 13.1 Å². The van der Waals surface area contributed by atoms with Crippen LogP contribution in [0.2, 0.25) is 0 Å². The molecule has 0 spiro atoms. The molecule has 1 atom stereocenters. The van der Waals surface area contributed by atoms with E-state index in [9.17, 15) is 14.4 Å². The summed E-state index contributed by atoms with van der Waals surface area (Å²) in [4.78, 5) is 38.7. The van der Waals surface area contributed by atoms with E-state index in [4.69, 9.17) is 5.73 Å². The molecule has 0 aromatic carbocycles. The average Bonchev–Trinajstić information content (AvgIpc) is 2.73. The Balaban J connectivity index is 2.10. The fourth-order valence-corrected chi connectivity index (χ4v) is 3.66. The number of carbonyl (C=O) groups is 2. The summed E-state index contributed by atoms with van der Waals surface area (Å²) in [5, 5.41) is 0. The van der Waals surface area contributed by atoms with Gasteiger partial charge in [-0.05, 0) is 0 Å². The van der Waals surface area contributed by atoms with E-state index in [1.807, 2.05) is 0 Å². The number of carbonyl (C=O) groups excluding carboxylic acids is 2. The maximum Gasteiger partial charge on any atom is 0.320 e. The van der Waals surface area contributed by atoms with Gasteiger partial charge in [-0.2, -0.15) is 0 Å². The molecule has 0 saturated carbocycles. The van der Waals surface area contributed by atoms with Crippen molar-refractivity contribution in [3.63, 3.8) is 0 Å². The van der Waals surface area contributed by atoms with Gasteiger partial charge in [-0.15, -0.1) is 0 Å². The minimum Gasteiger partial charge on any atom is -0.368 e. The Morgan fingerprint density at radius 1 is 1.50 bits per heavy atom. The van der Waals surface area contributed by atoms with Gasteiger partial charge in [-0.1, -0.05) is 11.3 Å². The van der Waals surface area contributed by atoms with Crippen LogP contribution in [0.25, 0.3) is 0 Å². The summed E-state index contributed by atoms with van der Waals surface area (Å²) in [5.74, 6) is -0.551. The Hall–Kier alpha value is -1.83. The summed E-state index contributed by atoms with van der Waals surface area (Å²) in [5.41, 5.74) is 5.89. The van der Waals surface area contributed by atoms with Gasteiger partial charge in [0.05, 0.1) is 23.2 Å². The molecule has 8 heteroatoms. The second-order valence-electron chi connectivity index (χ2n) is 4.52. The molecule has 2 aliphatic heterocycles. The molecule has 1 aromatic heterocycles. The lowest BCUT2D eigenvalue weighted by molar-refractivity contribution is -0.118. The first-order valence-corrected chi connectivity index (χ1v) is 6.33. The van der Waals surface area contributed by atoms with Gasteiger partial charge in [0.15, 0.2) is 0 Å². The van der Waals surface area contributed by atoms with Crippen LogP contribution in [0.15, 0.2) is 4.79 Å². The molecular formula is C10H12N4O3S. The van der Waals surface area contributed by atoms with Crippen LogP contribution >= 0.6 is 11.3 Å². The third-order valence-electron chi connectivity index (χ3n) is 3.42. The second kappa shape index (κ2) is 3.58. The summed E-state index contributed by atoms with van der Waals surface area (Å²) >= 11 is 1.10. The summed E-state index contributed by atoms with van der Waals surface area (Å²) in [6.45, 7) is 0.864. The molecule has 0 aliphatic carbocycles. The Morgan fingerprint density at radius 2 is 2.22 bits per heavy atom. The third-order valence-corrected chi connectivity index (χ3v) is 4.54. The van der Waals surface area contributed by atoms with Crippen LogP contribution in [0.1, 0.15) is 16.6 Å². The average molecular weight is 268 g/mol. The summed E-state index contributed by atoms with van der Waals surface area (Å²) in [7, 11) is 1.73. The van der Waals surface area contributed by atoms with E-state index in [2.05, 4.69) is 0 Å². The quantitative estimate of drug-likeness (QED) is 0.770. The molecular weight excluding hydrogens is 256 g/mol. The summed E-state index contributed by atoms with van der Waals surface area (Å²) in [6, 6.07) is -0.116. The monoisotopic (exact) mass is 268 g/mol. The molecule has 2 aliphatic rings. The highest BCUT2D eigenvalue weighted by Crippen LogP contribution is 2.38. The Bertz CT molecular complexity index is 605. The van der Waals surface area contributed by atoms with E-state index < -0.39 is 5.91 Å². The number of hydrogen-bond donors (Lipinski definition) is 1. The molecule has 96 valence electrons. The van der Waals surface area contributed by atoms with Gasteiger partial charge >= 0.3 is 10.9 Å². The molecule has 0 radical (unpaired) electrons. The number of primary amides is 1. The zero-order valence-corrected chi connectivity index (χ0v) is 10.6. The minimum atomic E-state index is -0.551. The van der Waals surface area contributed by atoms with Crippen molar-refractivity contribution < 1.29 is 9.59 Å². The second-order valence-corrected chi connectivity index (χ2v) is 5.51. The third kappa shape index (κ3) is 1.38. The molecule has 3 amide bonds. The van der Waals surface area contributed by atoms with Gasteiger partial charge in [-0.3, -0.25) is 14.2 Å². The number of likely N-dealkylation sites (N-methyl/N-ethyl adjacent to an activating group) is 1. The number of nitrogens with zero attached hydrogens (tertiary/aromatic N) is 3. The molecule has 1 unspecified atom stereocenters. The first kappa shape index (κ1) is 11.3. The van der Waals surface area contributed by atoms with Crippen molar-refractivity contribution >= 4 is 23.3 Å². The number of rotatable bonds is 2. The van der Waals surface area contributed by atoms with Crippen LogP contribution in [-0.4, -0.2) is 39.9 Å². The van der Waals surface area contributed by atoms with Crippen molar-refractivity contribution in [1.29, 1.82) is 0 Å². The lowest BCUT2D eigenvalue weighted by Crippen LogP contribution is -2.32. The Kier molecular flexibility index (Phi) is 2.24. The molecule has 7 nitrogen and oxygen atoms in total. The van der Waals surface area contributed by atoms with E-state index >= 15 is 0 Å². The molecule has 1 saturated heterocycles. The molecule has 3 heterocycles. The maximum atomic E-state index is 11.9. The summed E-state index contributed by atoms with van der Waals surface area (Å²) < 4.78 is 1.38. The Morgan fingerprint density at radius 3 is 2.89 bits per heavy atom. The standard InChI is InChI=1S/C10H12N4O3S/c1-12-5-2-13(9(12)16)3-6-8(5)18-10(17)14(6)4-7(11)15/h5H,2-4H2,1H3,(H2,11,15). The molecule has 2 bridgehead atoms. The number of fused-ring (bicyclic) bond motifs is 4. The molecule has 2 N–H and O–H groups in total. The number of aromatic nitrogens is 1. The van der Waals surface area contributed by atoms with Gasteiger partial charge in [0, 0.05) is 13.6 Å². The SMILES string of the molecule is CN1C(=O)N2Cc3c(sc(=O)n3CC(N)=O)C1C2. The van der Waals surface area contributed by atoms with Crippen molar-refractivity contribution in [3.8, 4) is 0 Å². The van der Waals surface area contributed by atoms with Crippen molar-refractivity contribution in [3.05, 3.63) is 20.2 Å². The van der Waals surface area contributed by atoms with Crippen molar-refractivity contribution in [2.45, 2.75) is 19.1 Å². The van der Waals surface area contributed by atoms with Crippen molar-refractivity contribution in [2.24, 2.45) is 5.73 Å². The summed E-state index contributed by atoms with van der Waals surface area (Å²) in [6.07, 6.45) is 0. The number of amides is 3. The smallest absolute Gasteiger partial charge is 0.320 e. The number of urea groups is 1. The lowest BCUT2D eigenvalue weighted by Gasteiger charge is -2.22. The molecule has 1 fully saturated rings. The first-order chi connectivity index (χ1) is 8.49. The van der Waals surface area contributed by atoms with E-state index in [-0.39, 0.29) is 23.5 Å². The van der Waals surface area contributed by atoms with E-state index in [1.165, 1.54) is 4.57 Å². The highest BCUT2D eigenvalue weighted by atomic mass is 32.1. The van der Waals surface area contributed by atoms with E-state index in [0.717, 1.165) is 21.9 Å². The first-order valence-electron chi connectivity index (χ1n) is 5.51. The largest absolute Gasteiger partial charge is 0.368 e. The lowest BCUT2D eigenvalue weighted by atomic mass is 10.1. The number of hydrogen-bond acceptors (Lipinski definition) is 4. The fourth-order valence-electron chi connectivity index (χ4n) is 2.53. The molecule has 1 aromatic rings. The minimum absolute atomic E-state index is 0.0403. The van der Waals surface area contributed by atoms with Crippen molar-refractivity contribution in [2.75, 3.05) is 13.6 Å². The van der Waals surface area contributed by atoms with Gasteiger partial charge in [0.2, 0.25) is 5.91 Å². The predicted octanol–water partition coefficient (Wildman–Crippen LogP) is -0.683. The van der Waals surface area contributed by atoms with Gasteiger partial charge in [-0.25, -0.2) is 4.79 Å². The normalized spacial score (nSPS) is 21.4. The van der Waals surface area contributed by atoms with Crippen LogP contribution in [0, 0.1) is 0 Å². The zero-order valence-electron chi connectivity index (χ0n) is 9.75. The Labute approximate surface area is 106 Å². The number of thiazole rings is 1. The van der Waals surface area contributed by atoms with Gasteiger partial charge in [0.1, 0.15) is 6.54 Å². The van der Waals surface area contributed by atoms with Crippen LogP contribution in [0.4, 0.5) is 4.79 Å². The fraction of sp³-hybridized carbons (Fsp3) is 0.500. The zero-order chi connectivity index (χ0) is 13.0. The topological polar surface area (TPSA) is 88.6 Å². The van der Waals surface area contributed by atoms with Crippen LogP contribution < -0.4 is 10.6 Å². The number of nitrogens with two attached hydrogens (primary N) is 1. The van der Waals surface area contributed by atoms with Crippen LogP contribution in [0.3, 0.4) is 0 Å². The highest BCUT2D eigenvalue weighted by Gasteiger charge is 2.43. The van der Waals surface area contributed by atoms with Gasteiger partial charge < -0.3 is 15.5 Å². The van der Waals surface area contributed by atoms with E-state index in [1.54, 1.807) is 16.8 Å². The maximum absolute atomic E-state index is 11.9. The highest BCUT2D eigenvalue weighted by molar-refractivity contribution is 7.09. The molecule has 3 rings (SSSR count).